The predicted octanol–water partition coefficient (Wildman–Crippen LogP) is 1.84. The molecule has 1 aliphatic heterocycles. The van der Waals surface area contributed by atoms with Crippen LogP contribution in [0.5, 0.6) is 0 Å². The molecule has 1 saturated heterocycles. The van der Waals surface area contributed by atoms with Crippen molar-refractivity contribution in [1.82, 2.24) is 10.1 Å². The molecule has 2 heterocycles. The van der Waals surface area contributed by atoms with Gasteiger partial charge in [0.25, 0.3) is 5.56 Å². The summed E-state index contributed by atoms with van der Waals surface area (Å²) in [5, 5.41) is 11.7. The molecule has 2 atom stereocenters. The van der Waals surface area contributed by atoms with E-state index in [9.17, 15) is 23.1 Å². The number of aromatic nitrogens is 1. The zero-order chi connectivity index (χ0) is 18.9. The number of hydrogen-bond acceptors (Lipinski definition) is 5. The largest absolute Gasteiger partial charge is 0.465 e. The van der Waals surface area contributed by atoms with E-state index in [0.29, 0.717) is 31.6 Å². The number of aromatic amines is 1. The number of benzene rings is 1. The summed E-state index contributed by atoms with van der Waals surface area (Å²) in [5.74, 6) is 0.502. The summed E-state index contributed by atoms with van der Waals surface area (Å²) in [5.41, 5.74) is 0.540. The quantitative estimate of drug-likeness (QED) is 0.835. The first-order valence-electron chi connectivity index (χ1n) is 8.21. The highest BCUT2D eigenvalue weighted by Gasteiger charge is 2.33. The third-order valence-corrected chi connectivity index (χ3v) is 5.86. The van der Waals surface area contributed by atoms with Crippen LogP contribution in [0.4, 0.5) is 4.79 Å². The number of piperidine rings is 1. The van der Waals surface area contributed by atoms with Crippen molar-refractivity contribution in [2.75, 3.05) is 12.8 Å². The lowest BCUT2D eigenvalue weighted by Gasteiger charge is -2.37. The maximum atomic E-state index is 11.6. The molecular formula is C17H20N2O6S. The molecule has 0 radical (unpaired) electrons. The van der Waals surface area contributed by atoms with Gasteiger partial charge in [0.2, 0.25) is 0 Å². The standard InChI is InChI=1S/C17H20N2O6S/c1-26(23,24)14-4-2-11(3-5-14)8-13-9-12(6-7-19(13)17(21)22)15-10-16(20)18-25-15/h2-5,10,12-13H,6-9H2,1H3,(H,18,20)(H,21,22). The van der Waals surface area contributed by atoms with Crippen molar-refractivity contribution in [3.05, 3.63) is 52.0 Å². The molecular weight excluding hydrogens is 360 g/mol. The number of carbonyl (C=O) groups is 1. The van der Waals surface area contributed by atoms with Crippen molar-refractivity contribution in [2.24, 2.45) is 0 Å². The number of sulfone groups is 1. The lowest BCUT2D eigenvalue weighted by atomic mass is 9.86. The molecule has 3 rings (SSSR count). The Balaban J connectivity index is 1.79. The lowest BCUT2D eigenvalue weighted by Crippen LogP contribution is -2.46. The van der Waals surface area contributed by atoms with Gasteiger partial charge >= 0.3 is 6.09 Å². The molecule has 1 amide bonds. The van der Waals surface area contributed by atoms with Crippen molar-refractivity contribution < 1.29 is 22.8 Å². The van der Waals surface area contributed by atoms with Crippen LogP contribution in [0, 0.1) is 0 Å². The van der Waals surface area contributed by atoms with Crippen LogP contribution in [0.1, 0.15) is 30.1 Å². The minimum Gasteiger partial charge on any atom is -0.465 e. The summed E-state index contributed by atoms with van der Waals surface area (Å²) in [6.45, 7) is 0.348. The molecule has 26 heavy (non-hydrogen) atoms. The Kier molecular flexibility index (Phi) is 4.90. The van der Waals surface area contributed by atoms with Gasteiger partial charge in [-0.1, -0.05) is 12.1 Å². The molecule has 140 valence electrons. The van der Waals surface area contributed by atoms with Gasteiger partial charge in [-0.3, -0.25) is 4.79 Å². The first-order valence-corrected chi connectivity index (χ1v) is 10.1. The summed E-state index contributed by atoms with van der Waals surface area (Å²) < 4.78 is 28.3. The molecule has 8 nitrogen and oxygen atoms in total. The Bertz CT molecular complexity index is 944. The number of nitrogens with zero attached hydrogens (tertiary/aromatic N) is 1. The molecule has 1 aromatic carbocycles. The van der Waals surface area contributed by atoms with Crippen LogP contribution in [0.25, 0.3) is 0 Å². The van der Waals surface area contributed by atoms with Gasteiger partial charge < -0.3 is 14.5 Å². The van der Waals surface area contributed by atoms with Crippen molar-refractivity contribution in [3.63, 3.8) is 0 Å². The average molecular weight is 380 g/mol. The van der Waals surface area contributed by atoms with Crippen LogP contribution >= 0.6 is 0 Å². The number of carboxylic acid groups (broad SMARTS) is 1. The minimum absolute atomic E-state index is 0.0372. The van der Waals surface area contributed by atoms with Crippen LogP contribution in [-0.2, 0) is 16.3 Å². The highest BCUT2D eigenvalue weighted by atomic mass is 32.2. The Labute approximate surface area is 150 Å². The Hall–Kier alpha value is -2.55. The number of H-pyrrole nitrogens is 1. The van der Waals surface area contributed by atoms with Crippen LogP contribution in [0.2, 0.25) is 0 Å². The number of amides is 1. The molecule has 2 N–H and O–H groups in total. The van der Waals surface area contributed by atoms with Gasteiger partial charge in [-0.15, -0.1) is 0 Å². The van der Waals surface area contributed by atoms with Gasteiger partial charge in [-0.25, -0.2) is 13.2 Å². The molecule has 9 heteroatoms. The highest BCUT2D eigenvalue weighted by Crippen LogP contribution is 2.32. The van der Waals surface area contributed by atoms with E-state index in [1.807, 2.05) is 0 Å². The number of hydrogen-bond donors (Lipinski definition) is 2. The maximum Gasteiger partial charge on any atom is 0.407 e. The summed E-state index contributed by atoms with van der Waals surface area (Å²) in [6, 6.07) is 7.59. The first-order chi connectivity index (χ1) is 12.2. The zero-order valence-electron chi connectivity index (χ0n) is 14.2. The van der Waals surface area contributed by atoms with E-state index < -0.39 is 15.9 Å². The van der Waals surface area contributed by atoms with E-state index in [0.717, 1.165) is 11.8 Å². The molecule has 2 aromatic rings. The number of rotatable bonds is 4. The fraction of sp³-hybridized carbons (Fsp3) is 0.412. The van der Waals surface area contributed by atoms with E-state index in [4.69, 9.17) is 4.52 Å². The van der Waals surface area contributed by atoms with Crippen molar-refractivity contribution in [3.8, 4) is 0 Å². The van der Waals surface area contributed by atoms with Gasteiger partial charge in [0.15, 0.2) is 9.84 Å². The monoisotopic (exact) mass is 380 g/mol. The smallest absolute Gasteiger partial charge is 0.407 e. The molecule has 0 aliphatic carbocycles. The second-order valence-corrected chi connectivity index (χ2v) is 8.60. The third-order valence-electron chi connectivity index (χ3n) is 4.73. The third kappa shape index (κ3) is 3.98. The Morgan fingerprint density at radius 3 is 2.58 bits per heavy atom. The Morgan fingerprint density at radius 1 is 1.35 bits per heavy atom. The summed E-state index contributed by atoms with van der Waals surface area (Å²) >= 11 is 0. The van der Waals surface area contributed by atoms with Crippen molar-refractivity contribution in [2.45, 2.75) is 36.1 Å². The van der Waals surface area contributed by atoms with E-state index in [1.54, 1.807) is 12.1 Å². The summed E-state index contributed by atoms with van der Waals surface area (Å²) in [6.07, 6.45) is 1.72. The van der Waals surface area contributed by atoms with E-state index in [-0.39, 0.29) is 22.4 Å². The SMILES string of the molecule is CS(=O)(=O)c1ccc(CC2CC(c3cc(=O)[nH]o3)CCN2C(=O)O)cc1. The maximum absolute atomic E-state index is 11.6. The molecule has 1 aromatic heterocycles. The summed E-state index contributed by atoms with van der Waals surface area (Å²) in [7, 11) is -3.27. The normalized spacial score (nSPS) is 20.9. The number of likely N-dealkylation sites (tertiary alicyclic amines) is 1. The molecule has 1 fully saturated rings. The molecule has 0 saturated carbocycles. The summed E-state index contributed by atoms with van der Waals surface area (Å²) in [4.78, 5) is 24.5. The Morgan fingerprint density at radius 2 is 2.04 bits per heavy atom. The molecule has 0 bridgehead atoms. The van der Waals surface area contributed by atoms with Crippen LogP contribution < -0.4 is 5.56 Å². The minimum atomic E-state index is -3.27. The zero-order valence-corrected chi connectivity index (χ0v) is 15.0. The lowest BCUT2D eigenvalue weighted by molar-refractivity contribution is 0.0968. The fourth-order valence-corrected chi connectivity index (χ4v) is 4.03. The fourth-order valence-electron chi connectivity index (χ4n) is 3.40. The van der Waals surface area contributed by atoms with Gasteiger partial charge in [-0.05, 0) is 37.0 Å². The van der Waals surface area contributed by atoms with Crippen LogP contribution in [0.3, 0.4) is 0 Å². The van der Waals surface area contributed by atoms with E-state index in [2.05, 4.69) is 5.16 Å². The molecule has 0 spiro atoms. The molecule has 2 unspecified atom stereocenters. The van der Waals surface area contributed by atoms with Gasteiger partial charge in [0, 0.05) is 30.8 Å². The van der Waals surface area contributed by atoms with Crippen molar-refractivity contribution in [1.29, 1.82) is 0 Å². The molecule has 1 aliphatic rings. The highest BCUT2D eigenvalue weighted by molar-refractivity contribution is 7.90. The van der Waals surface area contributed by atoms with E-state index in [1.165, 1.54) is 23.1 Å². The van der Waals surface area contributed by atoms with Gasteiger partial charge in [0.1, 0.15) is 5.76 Å². The predicted molar refractivity (Wildman–Crippen MR) is 93.1 cm³/mol. The average Bonchev–Trinajstić information content (AvgIpc) is 3.01. The second-order valence-electron chi connectivity index (χ2n) is 6.59. The van der Waals surface area contributed by atoms with Gasteiger partial charge in [-0.2, -0.15) is 5.16 Å². The van der Waals surface area contributed by atoms with Crippen LogP contribution in [0.15, 0.2) is 44.5 Å². The second kappa shape index (κ2) is 6.99. The van der Waals surface area contributed by atoms with Crippen LogP contribution in [-0.4, -0.2) is 48.5 Å². The number of nitrogens with one attached hydrogen (secondary N) is 1. The first kappa shape index (κ1) is 18.2. The topological polar surface area (TPSA) is 121 Å². The van der Waals surface area contributed by atoms with Gasteiger partial charge in [0.05, 0.1) is 4.90 Å². The van der Waals surface area contributed by atoms with Crippen molar-refractivity contribution >= 4 is 15.9 Å². The van der Waals surface area contributed by atoms with E-state index >= 15 is 0 Å².